The largest absolute Gasteiger partial charge is 0.508 e. The smallest absolute Gasteiger partial charge is 0.229 e. The highest BCUT2D eigenvalue weighted by atomic mass is 32.2. The molecule has 0 aliphatic heterocycles. The number of para-hydroxylation sites is 2. The summed E-state index contributed by atoms with van der Waals surface area (Å²) in [5, 5.41) is 12.5. The molecule has 0 aliphatic rings. The molecular formula is C14H16N2O3S. The minimum atomic E-state index is -3.32. The van der Waals surface area contributed by atoms with Crippen molar-refractivity contribution < 1.29 is 13.5 Å². The number of anilines is 2. The van der Waals surface area contributed by atoms with Gasteiger partial charge >= 0.3 is 0 Å². The molecule has 2 aromatic carbocycles. The number of aromatic hydroxyl groups is 1. The van der Waals surface area contributed by atoms with Gasteiger partial charge in [-0.3, -0.25) is 4.72 Å². The second kappa shape index (κ2) is 5.83. The molecule has 0 unspecified atom stereocenters. The van der Waals surface area contributed by atoms with Crippen LogP contribution in [0.2, 0.25) is 0 Å². The van der Waals surface area contributed by atoms with Crippen LogP contribution < -0.4 is 10.0 Å². The van der Waals surface area contributed by atoms with Gasteiger partial charge < -0.3 is 10.4 Å². The highest BCUT2D eigenvalue weighted by molar-refractivity contribution is 7.92. The van der Waals surface area contributed by atoms with Crippen molar-refractivity contribution in [1.82, 2.24) is 0 Å². The van der Waals surface area contributed by atoms with E-state index in [2.05, 4.69) is 10.0 Å². The van der Waals surface area contributed by atoms with Crippen LogP contribution in [0.4, 0.5) is 11.4 Å². The van der Waals surface area contributed by atoms with E-state index in [1.165, 1.54) is 0 Å². The van der Waals surface area contributed by atoms with Gasteiger partial charge in [0.2, 0.25) is 10.0 Å². The van der Waals surface area contributed by atoms with Crippen molar-refractivity contribution in [3.63, 3.8) is 0 Å². The van der Waals surface area contributed by atoms with Gasteiger partial charge in [-0.15, -0.1) is 0 Å². The fourth-order valence-corrected chi connectivity index (χ4v) is 2.37. The first-order valence-corrected chi connectivity index (χ1v) is 7.92. The molecule has 0 saturated heterocycles. The van der Waals surface area contributed by atoms with Crippen molar-refractivity contribution in [2.45, 2.75) is 6.54 Å². The normalized spacial score (nSPS) is 11.1. The zero-order valence-electron chi connectivity index (χ0n) is 11.0. The molecule has 3 N–H and O–H groups in total. The van der Waals surface area contributed by atoms with Crippen molar-refractivity contribution in [1.29, 1.82) is 0 Å². The number of nitrogens with one attached hydrogen (secondary N) is 2. The molecule has 106 valence electrons. The summed E-state index contributed by atoms with van der Waals surface area (Å²) in [5.41, 5.74) is 2.08. The number of rotatable bonds is 5. The van der Waals surface area contributed by atoms with Crippen LogP contribution in [0.1, 0.15) is 5.56 Å². The summed E-state index contributed by atoms with van der Waals surface area (Å²) in [6.45, 7) is 0.483. The van der Waals surface area contributed by atoms with Gasteiger partial charge in [-0.2, -0.15) is 0 Å². The van der Waals surface area contributed by atoms with Crippen LogP contribution >= 0.6 is 0 Å². The Kier molecular flexibility index (Phi) is 4.14. The average Bonchev–Trinajstić information content (AvgIpc) is 2.36. The number of hydrogen-bond acceptors (Lipinski definition) is 4. The predicted molar refractivity (Wildman–Crippen MR) is 80.3 cm³/mol. The first-order valence-electron chi connectivity index (χ1n) is 6.03. The molecule has 0 atom stereocenters. The fourth-order valence-electron chi connectivity index (χ4n) is 1.79. The van der Waals surface area contributed by atoms with E-state index < -0.39 is 10.0 Å². The van der Waals surface area contributed by atoms with E-state index in [0.29, 0.717) is 17.9 Å². The molecule has 0 saturated carbocycles. The van der Waals surface area contributed by atoms with Crippen LogP contribution in [-0.4, -0.2) is 19.8 Å². The standard InChI is InChI=1S/C14H16N2O3S/c1-20(18,19)16-14-8-3-2-7-13(14)15-10-11-5-4-6-12(17)9-11/h2-9,15-17H,10H2,1H3. The van der Waals surface area contributed by atoms with Gasteiger partial charge in [0, 0.05) is 6.54 Å². The summed E-state index contributed by atoms with van der Waals surface area (Å²) < 4.78 is 25.1. The quantitative estimate of drug-likeness (QED) is 0.790. The van der Waals surface area contributed by atoms with Crippen molar-refractivity contribution in [2.75, 3.05) is 16.3 Å². The molecule has 0 spiro atoms. The van der Waals surface area contributed by atoms with Crippen LogP contribution in [0.25, 0.3) is 0 Å². The number of benzene rings is 2. The molecule has 0 fully saturated rings. The molecule has 0 amide bonds. The van der Waals surface area contributed by atoms with Crippen LogP contribution in [0, 0.1) is 0 Å². The molecule has 5 nitrogen and oxygen atoms in total. The maximum atomic E-state index is 11.3. The topological polar surface area (TPSA) is 78.4 Å². The maximum absolute atomic E-state index is 11.3. The number of hydrogen-bond donors (Lipinski definition) is 3. The Labute approximate surface area is 118 Å². The maximum Gasteiger partial charge on any atom is 0.229 e. The summed E-state index contributed by atoms with van der Waals surface area (Å²) in [6, 6.07) is 13.9. The minimum absolute atomic E-state index is 0.201. The summed E-state index contributed by atoms with van der Waals surface area (Å²) in [7, 11) is -3.32. The molecule has 2 rings (SSSR count). The van der Waals surface area contributed by atoms with Crippen molar-refractivity contribution in [3.8, 4) is 5.75 Å². The highest BCUT2D eigenvalue weighted by Gasteiger charge is 2.06. The van der Waals surface area contributed by atoms with Crippen LogP contribution in [0.5, 0.6) is 5.75 Å². The summed E-state index contributed by atoms with van der Waals surface area (Å²) >= 11 is 0. The van der Waals surface area contributed by atoms with Gasteiger partial charge in [0.05, 0.1) is 17.6 Å². The van der Waals surface area contributed by atoms with Gasteiger partial charge in [-0.1, -0.05) is 24.3 Å². The van der Waals surface area contributed by atoms with Crippen LogP contribution in [-0.2, 0) is 16.6 Å². The second-order valence-electron chi connectivity index (χ2n) is 4.44. The Hall–Kier alpha value is -2.21. The number of sulfonamides is 1. The van der Waals surface area contributed by atoms with E-state index in [4.69, 9.17) is 0 Å². The third kappa shape index (κ3) is 4.17. The lowest BCUT2D eigenvalue weighted by Gasteiger charge is -2.12. The Morgan fingerprint density at radius 1 is 1.05 bits per heavy atom. The first kappa shape index (κ1) is 14.2. The van der Waals surface area contributed by atoms with Gasteiger partial charge in [-0.25, -0.2) is 8.42 Å². The van der Waals surface area contributed by atoms with Crippen molar-refractivity contribution >= 4 is 21.4 Å². The minimum Gasteiger partial charge on any atom is -0.508 e. The third-order valence-corrected chi connectivity index (χ3v) is 3.21. The Morgan fingerprint density at radius 2 is 1.75 bits per heavy atom. The number of phenols is 1. The van der Waals surface area contributed by atoms with Crippen molar-refractivity contribution in [2.24, 2.45) is 0 Å². The van der Waals surface area contributed by atoms with E-state index in [1.807, 2.05) is 12.1 Å². The Balaban J connectivity index is 2.13. The van der Waals surface area contributed by atoms with Gasteiger partial charge in [0.15, 0.2) is 0 Å². The Bertz CT molecular complexity index is 699. The molecule has 0 heterocycles. The molecule has 0 aromatic heterocycles. The van der Waals surface area contributed by atoms with Gasteiger partial charge in [0.1, 0.15) is 5.75 Å². The van der Waals surface area contributed by atoms with E-state index in [0.717, 1.165) is 11.8 Å². The molecule has 6 heteroatoms. The van der Waals surface area contributed by atoms with Gasteiger partial charge in [0.25, 0.3) is 0 Å². The fraction of sp³-hybridized carbons (Fsp3) is 0.143. The van der Waals surface area contributed by atoms with E-state index in [1.54, 1.807) is 36.4 Å². The highest BCUT2D eigenvalue weighted by Crippen LogP contribution is 2.23. The van der Waals surface area contributed by atoms with Crippen LogP contribution in [0.15, 0.2) is 48.5 Å². The monoisotopic (exact) mass is 292 g/mol. The first-order chi connectivity index (χ1) is 9.44. The SMILES string of the molecule is CS(=O)(=O)Nc1ccccc1NCc1cccc(O)c1. The summed E-state index contributed by atoms with van der Waals surface area (Å²) in [4.78, 5) is 0. The lowest BCUT2D eigenvalue weighted by Crippen LogP contribution is -2.11. The molecule has 0 aliphatic carbocycles. The molecule has 2 aromatic rings. The zero-order valence-corrected chi connectivity index (χ0v) is 11.8. The third-order valence-electron chi connectivity index (χ3n) is 2.62. The van der Waals surface area contributed by atoms with Crippen LogP contribution in [0.3, 0.4) is 0 Å². The van der Waals surface area contributed by atoms with Crippen molar-refractivity contribution in [3.05, 3.63) is 54.1 Å². The van der Waals surface area contributed by atoms with Gasteiger partial charge in [-0.05, 0) is 29.8 Å². The van der Waals surface area contributed by atoms with E-state index in [-0.39, 0.29) is 5.75 Å². The molecule has 0 bridgehead atoms. The summed E-state index contributed by atoms with van der Waals surface area (Å²) in [6.07, 6.45) is 1.11. The molecule has 20 heavy (non-hydrogen) atoms. The van der Waals surface area contributed by atoms with E-state index in [9.17, 15) is 13.5 Å². The van der Waals surface area contributed by atoms with E-state index >= 15 is 0 Å². The average molecular weight is 292 g/mol. The lowest BCUT2D eigenvalue weighted by atomic mass is 10.2. The lowest BCUT2D eigenvalue weighted by molar-refractivity contribution is 0.474. The number of phenolic OH excluding ortho intramolecular Hbond substituents is 1. The predicted octanol–water partition coefficient (Wildman–Crippen LogP) is 2.38. The zero-order chi connectivity index (χ0) is 14.6. The Morgan fingerprint density at radius 3 is 2.40 bits per heavy atom. The summed E-state index contributed by atoms with van der Waals surface area (Å²) in [5.74, 6) is 0.201. The molecule has 0 radical (unpaired) electrons. The second-order valence-corrected chi connectivity index (χ2v) is 6.19. The molecular weight excluding hydrogens is 276 g/mol.